The monoisotopic (exact) mass is 129 g/mol. The van der Waals surface area contributed by atoms with E-state index in [0.717, 1.165) is 0 Å². The van der Waals surface area contributed by atoms with E-state index in [1.807, 2.05) is 20.8 Å². The molecule has 0 aromatic carbocycles. The van der Waals surface area contributed by atoms with Gasteiger partial charge >= 0.3 is 0 Å². The van der Waals surface area contributed by atoms with Gasteiger partial charge in [0.25, 0.3) is 0 Å². The highest BCUT2D eigenvalue weighted by atomic mass is 16.5. The van der Waals surface area contributed by atoms with Crippen molar-refractivity contribution in [2.75, 3.05) is 0 Å². The summed E-state index contributed by atoms with van der Waals surface area (Å²) in [6.45, 7) is 7.39. The summed E-state index contributed by atoms with van der Waals surface area (Å²) in [6, 6.07) is 0. The van der Waals surface area contributed by atoms with Crippen LogP contribution in [0.3, 0.4) is 0 Å². The lowest BCUT2D eigenvalue weighted by molar-refractivity contribution is -0.0221. The van der Waals surface area contributed by atoms with E-state index in [2.05, 4.69) is 0 Å². The molecule has 0 N–H and O–H groups in total. The SMILES string of the molecule is CC([C]=O)OC(C)(C)C. The van der Waals surface area contributed by atoms with Gasteiger partial charge in [0.1, 0.15) is 6.10 Å². The predicted molar refractivity (Wildman–Crippen MR) is 36.0 cm³/mol. The first-order valence-electron chi connectivity index (χ1n) is 3.01. The standard InChI is InChI=1S/C7H13O2/c1-6(5-8)9-7(2,3)4/h6H,1-4H3. The molecule has 0 aliphatic rings. The van der Waals surface area contributed by atoms with Crippen LogP contribution < -0.4 is 0 Å². The van der Waals surface area contributed by atoms with Gasteiger partial charge in [-0.25, -0.2) is 0 Å². The number of carbonyl (C=O) groups excluding carboxylic acids is 1. The average Bonchev–Trinajstić information content (AvgIpc) is 1.62. The number of rotatable bonds is 2. The van der Waals surface area contributed by atoms with E-state index in [4.69, 9.17) is 4.74 Å². The lowest BCUT2D eigenvalue weighted by atomic mass is 10.2. The Balaban J connectivity index is 3.59. The molecular formula is C7H13O2. The van der Waals surface area contributed by atoms with E-state index in [9.17, 15) is 4.79 Å². The summed E-state index contributed by atoms with van der Waals surface area (Å²) < 4.78 is 5.16. The van der Waals surface area contributed by atoms with Crippen LogP contribution in [-0.2, 0) is 9.53 Å². The van der Waals surface area contributed by atoms with Gasteiger partial charge < -0.3 is 4.74 Å². The number of hydrogen-bond donors (Lipinski definition) is 0. The van der Waals surface area contributed by atoms with Crippen LogP contribution in [0, 0.1) is 0 Å². The minimum atomic E-state index is -0.412. The van der Waals surface area contributed by atoms with Crippen molar-refractivity contribution < 1.29 is 9.53 Å². The van der Waals surface area contributed by atoms with E-state index in [-0.39, 0.29) is 5.60 Å². The third kappa shape index (κ3) is 5.50. The molecule has 0 saturated carbocycles. The van der Waals surface area contributed by atoms with Crippen LogP contribution in [0.15, 0.2) is 0 Å². The van der Waals surface area contributed by atoms with Crippen molar-refractivity contribution in [1.29, 1.82) is 0 Å². The molecule has 9 heavy (non-hydrogen) atoms. The molecule has 0 spiro atoms. The first-order chi connectivity index (χ1) is 3.95. The fourth-order valence-electron chi connectivity index (χ4n) is 0.554. The maximum absolute atomic E-state index is 9.93. The molecule has 0 aliphatic carbocycles. The molecule has 0 rings (SSSR count). The van der Waals surface area contributed by atoms with Crippen LogP contribution >= 0.6 is 0 Å². The molecule has 0 aromatic heterocycles. The molecule has 53 valence electrons. The summed E-state index contributed by atoms with van der Waals surface area (Å²) in [5.41, 5.74) is -0.239. The van der Waals surface area contributed by atoms with Gasteiger partial charge in [-0.2, -0.15) is 0 Å². The Kier molecular flexibility index (Phi) is 2.85. The van der Waals surface area contributed by atoms with Gasteiger partial charge in [-0.15, -0.1) is 0 Å². The van der Waals surface area contributed by atoms with Crippen molar-refractivity contribution in [3.8, 4) is 0 Å². The van der Waals surface area contributed by atoms with Gasteiger partial charge in [0, 0.05) is 0 Å². The summed E-state index contributed by atoms with van der Waals surface area (Å²) in [6.07, 6.45) is 1.34. The molecule has 2 nitrogen and oxygen atoms in total. The van der Waals surface area contributed by atoms with Gasteiger partial charge in [0.15, 0.2) is 0 Å². The Labute approximate surface area is 56.2 Å². The minimum Gasteiger partial charge on any atom is -0.365 e. The summed E-state index contributed by atoms with van der Waals surface area (Å²) in [5.74, 6) is 0. The topological polar surface area (TPSA) is 26.3 Å². The largest absolute Gasteiger partial charge is 0.365 e. The van der Waals surface area contributed by atoms with E-state index in [1.54, 1.807) is 13.2 Å². The molecular weight excluding hydrogens is 116 g/mol. The first-order valence-corrected chi connectivity index (χ1v) is 3.01. The zero-order valence-corrected chi connectivity index (χ0v) is 6.39. The Morgan fingerprint density at radius 1 is 1.44 bits per heavy atom. The second-order valence-corrected chi connectivity index (χ2v) is 2.99. The summed E-state index contributed by atoms with van der Waals surface area (Å²) in [4.78, 5) is 9.93. The lowest BCUT2D eigenvalue weighted by Crippen LogP contribution is -2.26. The zero-order chi connectivity index (χ0) is 7.49. The van der Waals surface area contributed by atoms with Gasteiger partial charge in [-0.05, 0) is 27.7 Å². The maximum atomic E-state index is 9.93. The van der Waals surface area contributed by atoms with E-state index < -0.39 is 6.10 Å². The van der Waals surface area contributed by atoms with E-state index in [1.165, 1.54) is 0 Å². The Morgan fingerprint density at radius 3 is 2.00 bits per heavy atom. The molecule has 0 aliphatic heterocycles. The van der Waals surface area contributed by atoms with Crippen molar-refractivity contribution >= 4 is 6.29 Å². The Hall–Kier alpha value is -0.370. The van der Waals surface area contributed by atoms with Crippen molar-refractivity contribution in [2.24, 2.45) is 0 Å². The van der Waals surface area contributed by atoms with Crippen molar-refractivity contribution in [2.45, 2.75) is 39.4 Å². The van der Waals surface area contributed by atoms with Crippen molar-refractivity contribution in [3.63, 3.8) is 0 Å². The third-order valence-electron chi connectivity index (χ3n) is 0.696. The number of hydrogen-bond acceptors (Lipinski definition) is 2. The maximum Gasteiger partial charge on any atom is 0.229 e. The summed E-state index contributed by atoms with van der Waals surface area (Å²) >= 11 is 0. The van der Waals surface area contributed by atoms with E-state index in [0.29, 0.717) is 0 Å². The van der Waals surface area contributed by atoms with Crippen LogP contribution in [0.5, 0.6) is 0 Å². The van der Waals surface area contributed by atoms with Crippen LogP contribution in [0.2, 0.25) is 0 Å². The second-order valence-electron chi connectivity index (χ2n) is 2.99. The smallest absolute Gasteiger partial charge is 0.229 e. The Morgan fingerprint density at radius 2 is 1.89 bits per heavy atom. The quantitative estimate of drug-likeness (QED) is 0.561. The fraction of sp³-hybridized carbons (Fsp3) is 0.857. The molecule has 0 aromatic rings. The van der Waals surface area contributed by atoms with Crippen molar-refractivity contribution in [3.05, 3.63) is 0 Å². The molecule has 2 heteroatoms. The van der Waals surface area contributed by atoms with Crippen LogP contribution in [0.4, 0.5) is 0 Å². The van der Waals surface area contributed by atoms with Gasteiger partial charge in [0.2, 0.25) is 6.29 Å². The number of ether oxygens (including phenoxy) is 1. The fourth-order valence-corrected chi connectivity index (χ4v) is 0.554. The predicted octanol–water partition coefficient (Wildman–Crippen LogP) is 1.30. The van der Waals surface area contributed by atoms with E-state index >= 15 is 0 Å². The highest BCUT2D eigenvalue weighted by Crippen LogP contribution is 2.08. The van der Waals surface area contributed by atoms with Crippen LogP contribution in [0.1, 0.15) is 27.7 Å². The zero-order valence-electron chi connectivity index (χ0n) is 6.39. The molecule has 0 saturated heterocycles. The lowest BCUT2D eigenvalue weighted by Gasteiger charge is -2.20. The van der Waals surface area contributed by atoms with Crippen LogP contribution in [0.25, 0.3) is 0 Å². The van der Waals surface area contributed by atoms with Crippen molar-refractivity contribution in [1.82, 2.24) is 0 Å². The molecule has 1 unspecified atom stereocenters. The molecule has 0 fully saturated rings. The third-order valence-corrected chi connectivity index (χ3v) is 0.696. The molecule has 0 bridgehead atoms. The van der Waals surface area contributed by atoms with Gasteiger partial charge in [0.05, 0.1) is 5.60 Å². The second kappa shape index (κ2) is 2.97. The molecule has 1 radical (unpaired) electrons. The molecule has 0 heterocycles. The Bertz CT molecular complexity index is 91.6. The normalized spacial score (nSPS) is 15.1. The molecule has 1 atom stereocenters. The highest BCUT2D eigenvalue weighted by molar-refractivity contribution is 5.56. The first kappa shape index (κ1) is 8.63. The van der Waals surface area contributed by atoms with Crippen LogP contribution in [-0.4, -0.2) is 18.0 Å². The highest BCUT2D eigenvalue weighted by Gasteiger charge is 2.14. The van der Waals surface area contributed by atoms with Gasteiger partial charge in [-0.1, -0.05) is 0 Å². The summed E-state index contributed by atoms with van der Waals surface area (Å²) in [7, 11) is 0. The van der Waals surface area contributed by atoms with Gasteiger partial charge in [-0.3, -0.25) is 4.79 Å². The summed E-state index contributed by atoms with van der Waals surface area (Å²) in [5, 5.41) is 0. The average molecular weight is 129 g/mol. The molecule has 0 amide bonds. The minimum absolute atomic E-state index is 0.239.